The molecule has 304 valence electrons. The van der Waals surface area contributed by atoms with Gasteiger partial charge in [-0.1, -0.05) is 63.1 Å². The van der Waals surface area contributed by atoms with Crippen LogP contribution in [0, 0.1) is 11.8 Å². The lowest BCUT2D eigenvalue weighted by atomic mass is 9.93. The minimum Gasteiger partial charge on any atom is -0.496 e. The number of piperidine rings is 1. The van der Waals surface area contributed by atoms with Crippen LogP contribution in [0.3, 0.4) is 0 Å². The number of aliphatic hydroxyl groups is 2. The van der Waals surface area contributed by atoms with Gasteiger partial charge < -0.3 is 35.6 Å². The number of aromatic nitrogens is 2. The predicted octanol–water partition coefficient (Wildman–Crippen LogP) is 6.60. The van der Waals surface area contributed by atoms with Gasteiger partial charge in [-0.2, -0.15) is 0 Å². The van der Waals surface area contributed by atoms with Crippen molar-refractivity contribution < 1.29 is 14.9 Å². The largest absolute Gasteiger partial charge is 0.496 e. The van der Waals surface area contributed by atoms with E-state index in [0.717, 1.165) is 87.4 Å². The Morgan fingerprint density at radius 3 is 2.31 bits per heavy atom. The summed E-state index contributed by atoms with van der Waals surface area (Å²) < 4.78 is 12.4. The van der Waals surface area contributed by atoms with Crippen LogP contribution in [-0.4, -0.2) is 91.4 Å². The highest BCUT2D eigenvalue weighted by molar-refractivity contribution is 7.98. The molecule has 9 N–H and O–H groups in total. The van der Waals surface area contributed by atoms with Crippen LogP contribution in [0.25, 0.3) is 10.9 Å². The highest BCUT2D eigenvalue weighted by Gasteiger charge is 2.22. The number of aryl methyl sites for hydroxylation is 1. The number of anilines is 2. The fraction of sp³-hybridized carbons (Fsp3) is 0.575. The molecule has 0 radical (unpaired) electrons. The molecule has 0 bridgehead atoms. The van der Waals surface area contributed by atoms with Gasteiger partial charge in [0.25, 0.3) is 0 Å². The zero-order valence-electron chi connectivity index (χ0n) is 33.9. The standard InChI is InChI=1S/C24H31N5OS.C12H24N4S.C2H6.2CH4O/c1-3-19-15-22-21(16-23(19)30-2)24(26-17-25-22)29-13-10-18(11-14-29)9-12-27-31-28-20-7-5-4-6-8-20;1-12(2,16-9-13)8-15-7-10-3-5-11(17-14)6-4-10;3*1-2/h4-8,15-18,27-28H,3,9-14H2,1-2H3;3,5,9-11,15H,4,6-8,14H2,1-2H3,(H2,13,16);1-2H3;2*2H,1H3. The molecule has 2 unspecified atom stereocenters. The number of ether oxygens (including phenoxy) is 1. The summed E-state index contributed by atoms with van der Waals surface area (Å²) in [5, 5.41) is 24.6. The quantitative estimate of drug-likeness (QED) is 0.0288. The van der Waals surface area contributed by atoms with Crippen molar-refractivity contribution in [3.8, 4) is 5.75 Å². The number of nitrogens with one attached hydrogen (secondary N) is 3. The first-order valence-electron chi connectivity index (χ1n) is 19.0. The summed E-state index contributed by atoms with van der Waals surface area (Å²) in [6, 6.07) is 14.5. The number of methoxy groups -OCH3 is 1. The highest BCUT2D eigenvalue weighted by atomic mass is 32.2. The molecule has 2 aromatic carbocycles. The lowest BCUT2D eigenvalue weighted by molar-refractivity contribution is 0.382. The van der Waals surface area contributed by atoms with Gasteiger partial charge in [-0.15, -0.1) is 0 Å². The van der Waals surface area contributed by atoms with Crippen molar-refractivity contribution in [1.82, 2.24) is 20.0 Å². The van der Waals surface area contributed by atoms with Crippen LogP contribution in [0.5, 0.6) is 5.75 Å². The number of fused-ring (bicyclic) bond motifs is 1. The molecule has 0 saturated carbocycles. The van der Waals surface area contributed by atoms with Gasteiger partial charge in [-0.05, 0) is 94.0 Å². The van der Waals surface area contributed by atoms with Crippen molar-refractivity contribution in [3.05, 3.63) is 66.5 Å². The average molecular weight is 788 g/mol. The monoisotopic (exact) mass is 787 g/mol. The van der Waals surface area contributed by atoms with E-state index in [1.54, 1.807) is 25.6 Å². The molecule has 3 aromatic rings. The third-order valence-electron chi connectivity index (χ3n) is 8.96. The van der Waals surface area contributed by atoms with E-state index in [1.807, 2.05) is 32.0 Å². The van der Waals surface area contributed by atoms with Gasteiger partial charge >= 0.3 is 0 Å². The van der Waals surface area contributed by atoms with Crippen molar-refractivity contribution in [2.24, 2.45) is 27.7 Å². The van der Waals surface area contributed by atoms with Gasteiger partial charge in [0.1, 0.15) is 17.9 Å². The van der Waals surface area contributed by atoms with Crippen LogP contribution < -0.4 is 35.3 Å². The molecule has 2 atom stereocenters. The molecule has 12 nitrogen and oxygen atoms in total. The van der Waals surface area contributed by atoms with E-state index >= 15 is 0 Å². The Kier molecular flexibility index (Phi) is 26.5. The maximum Gasteiger partial charge on any atom is 0.140 e. The van der Waals surface area contributed by atoms with Crippen LogP contribution in [0.2, 0.25) is 0 Å². The van der Waals surface area contributed by atoms with E-state index < -0.39 is 0 Å². The first kappa shape index (κ1) is 48.9. The number of nitrogens with zero attached hydrogens (tertiary/aromatic N) is 4. The van der Waals surface area contributed by atoms with Crippen LogP contribution in [0.4, 0.5) is 11.5 Å². The van der Waals surface area contributed by atoms with Crippen LogP contribution in [0.1, 0.15) is 72.3 Å². The maximum absolute atomic E-state index is 7.00. The van der Waals surface area contributed by atoms with E-state index in [9.17, 15) is 0 Å². The Labute approximate surface area is 334 Å². The molecule has 5 rings (SSSR count). The Bertz CT molecular complexity index is 1440. The third-order valence-corrected chi connectivity index (χ3v) is 10.4. The molecule has 0 amide bonds. The molecular weight excluding hydrogens is 719 g/mol. The molecule has 54 heavy (non-hydrogen) atoms. The lowest BCUT2D eigenvalue weighted by Gasteiger charge is -2.33. The summed E-state index contributed by atoms with van der Waals surface area (Å²) in [5.41, 5.74) is 8.49. The highest BCUT2D eigenvalue weighted by Crippen LogP contribution is 2.33. The molecular formula is C40H69N9O3S2. The van der Waals surface area contributed by atoms with Crippen LogP contribution >= 0.6 is 24.1 Å². The summed E-state index contributed by atoms with van der Waals surface area (Å²) >= 11 is 3.00. The van der Waals surface area contributed by atoms with E-state index in [1.165, 1.54) is 56.0 Å². The zero-order chi connectivity index (χ0) is 40.2. The summed E-state index contributed by atoms with van der Waals surface area (Å²) in [6.45, 7) is 15.2. The summed E-state index contributed by atoms with van der Waals surface area (Å²) in [7, 11) is 3.73. The Hall–Kier alpha value is -3.11. The van der Waals surface area contributed by atoms with Crippen molar-refractivity contribution in [3.63, 3.8) is 0 Å². The number of rotatable bonds is 15. The zero-order valence-corrected chi connectivity index (χ0v) is 35.6. The minimum atomic E-state index is -0.122. The van der Waals surface area contributed by atoms with Crippen molar-refractivity contribution >= 4 is 52.8 Å². The molecule has 2 heterocycles. The van der Waals surface area contributed by atoms with Gasteiger partial charge in [0.2, 0.25) is 0 Å². The number of aliphatic imine (C=N–C) groups is 1. The molecule has 1 aromatic heterocycles. The van der Waals surface area contributed by atoms with Crippen molar-refractivity contribution in [2.45, 2.75) is 83.9 Å². The normalized spacial score (nSPS) is 16.8. The van der Waals surface area contributed by atoms with Gasteiger partial charge in [-0.25, -0.2) is 14.7 Å². The first-order chi connectivity index (χ1) is 26.4. The molecule has 2 aliphatic rings. The number of aliphatic hydroxyl groups excluding tert-OH is 2. The summed E-state index contributed by atoms with van der Waals surface area (Å²) in [6.07, 6.45) is 14.5. The number of para-hydroxylation sites is 1. The maximum atomic E-state index is 7.00. The van der Waals surface area contributed by atoms with Gasteiger partial charge in [0, 0.05) is 75.4 Å². The van der Waals surface area contributed by atoms with Crippen LogP contribution in [-0.2, 0) is 6.42 Å². The van der Waals surface area contributed by atoms with E-state index in [0.29, 0.717) is 11.2 Å². The lowest BCUT2D eigenvalue weighted by Crippen LogP contribution is -2.36. The average Bonchev–Trinajstić information content (AvgIpc) is 3.23. The molecule has 1 aliphatic carbocycles. The second-order valence-electron chi connectivity index (χ2n) is 13.0. The SMILES string of the molecule is CC.CC(C)(CNCC1C=CC(SN)CC1)N=CN.CCc1cc2ncnc(N3CCC(CCNSNc4ccccc4)CC3)c2cc1OC.CO.CO. The Balaban J connectivity index is 0.000000539. The van der Waals surface area contributed by atoms with Gasteiger partial charge in [-0.3, -0.25) is 10.1 Å². The third kappa shape index (κ3) is 17.6. The molecule has 1 saturated heterocycles. The fourth-order valence-electron chi connectivity index (χ4n) is 6.13. The van der Waals surface area contributed by atoms with Crippen molar-refractivity contribution in [1.29, 1.82) is 0 Å². The van der Waals surface area contributed by atoms with Crippen LogP contribution in [0.15, 0.2) is 65.9 Å². The van der Waals surface area contributed by atoms with E-state index in [2.05, 4.69) is 91.8 Å². The van der Waals surface area contributed by atoms with E-state index in [4.69, 9.17) is 25.8 Å². The Morgan fingerprint density at radius 1 is 1.02 bits per heavy atom. The smallest absolute Gasteiger partial charge is 0.140 e. The molecule has 1 aliphatic heterocycles. The molecule has 14 heteroatoms. The minimum absolute atomic E-state index is 0.122. The Morgan fingerprint density at radius 2 is 1.72 bits per heavy atom. The summed E-state index contributed by atoms with van der Waals surface area (Å²) in [5.74, 6) is 3.32. The van der Waals surface area contributed by atoms with Crippen molar-refractivity contribution in [2.75, 3.05) is 63.7 Å². The topological polar surface area (TPSA) is 179 Å². The number of hydrogen-bond donors (Lipinski definition) is 7. The van der Waals surface area contributed by atoms with Gasteiger partial charge in [0.15, 0.2) is 0 Å². The van der Waals surface area contributed by atoms with E-state index in [-0.39, 0.29) is 5.54 Å². The fourth-order valence-corrected chi connectivity index (χ4v) is 7.13. The van der Waals surface area contributed by atoms with Gasteiger partial charge in [0.05, 0.1) is 24.5 Å². The second-order valence-corrected chi connectivity index (χ2v) is 14.6. The molecule has 1 fully saturated rings. The first-order valence-corrected chi connectivity index (χ1v) is 20.8. The number of benzene rings is 2. The number of nitrogens with two attached hydrogens (primary N) is 2. The summed E-state index contributed by atoms with van der Waals surface area (Å²) in [4.78, 5) is 15.8. The molecule has 0 spiro atoms. The second kappa shape index (κ2) is 29.2. The number of hydrogen-bond acceptors (Lipinski definition) is 13. The predicted molar refractivity (Wildman–Crippen MR) is 235 cm³/mol.